The molecule has 4 atom stereocenters. The molecule has 2 amide bonds. The molecule has 4 rings (SSSR count). The van der Waals surface area contributed by atoms with Gasteiger partial charge in [0.05, 0.1) is 31.5 Å². The number of halogens is 3. The normalized spacial score (nSPS) is 27.3. The molecule has 13 heteroatoms. The number of esters is 1. The largest absolute Gasteiger partial charge is 0.490 e. The standard InChI is InChI=1S/C23H30N4O4.C2HF3O2/c1-5-12-24-22-25(3)14-16-17-18(23(6-2,27(16)22)21(30)31-4)20(29)26(19(17)28)13-15-10-8-7-9-11-15;3-2(4,5)1(6)7/h7-11,16-18H,5-6,12-14H2,1-4H3;(H,6,7)/t16-,17+,18-,23-;/m1./s1. The van der Waals surface area contributed by atoms with Crippen molar-refractivity contribution in [3.8, 4) is 0 Å². The topological polar surface area (TPSA) is 120 Å². The molecule has 0 unspecified atom stereocenters. The fourth-order valence-electron chi connectivity index (χ4n) is 5.58. The SMILES string of the molecule is CCCN=C1N(C)C[C@@H]2[C@@H]3C(=O)N(Cc4ccccc4)C(=O)[C@@H]3[C@](CC)(C(=O)OC)N12.O=C(O)C(F)(F)F. The molecule has 0 spiro atoms. The van der Waals surface area contributed by atoms with E-state index in [9.17, 15) is 27.6 Å². The maximum atomic E-state index is 13.6. The van der Waals surface area contributed by atoms with Gasteiger partial charge in [-0.1, -0.05) is 44.2 Å². The van der Waals surface area contributed by atoms with Gasteiger partial charge < -0.3 is 19.6 Å². The molecule has 208 valence electrons. The molecule has 0 bridgehead atoms. The molecule has 1 aromatic carbocycles. The number of amides is 2. The van der Waals surface area contributed by atoms with E-state index in [1.807, 2.05) is 61.0 Å². The predicted octanol–water partition coefficient (Wildman–Crippen LogP) is 2.14. The van der Waals surface area contributed by atoms with Gasteiger partial charge in [-0.25, -0.2) is 9.59 Å². The number of ether oxygens (including phenoxy) is 1. The molecule has 0 aliphatic carbocycles. The van der Waals surface area contributed by atoms with Gasteiger partial charge >= 0.3 is 18.1 Å². The number of rotatable bonds is 6. The van der Waals surface area contributed by atoms with Crippen LogP contribution in [0.4, 0.5) is 13.2 Å². The Morgan fingerprint density at radius 1 is 1.16 bits per heavy atom. The van der Waals surface area contributed by atoms with E-state index in [1.165, 1.54) is 12.0 Å². The number of carboxylic acid groups (broad SMARTS) is 1. The van der Waals surface area contributed by atoms with Gasteiger partial charge in [0.15, 0.2) is 11.5 Å². The van der Waals surface area contributed by atoms with Crippen LogP contribution in [0.2, 0.25) is 0 Å². The predicted molar refractivity (Wildman–Crippen MR) is 129 cm³/mol. The fourth-order valence-corrected chi connectivity index (χ4v) is 5.58. The summed E-state index contributed by atoms with van der Waals surface area (Å²) in [5.74, 6) is -4.43. The number of imide groups is 1. The van der Waals surface area contributed by atoms with Crippen molar-refractivity contribution in [1.29, 1.82) is 0 Å². The number of benzene rings is 1. The number of carbonyl (C=O) groups excluding carboxylic acids is 3. The zero-order valence-corrected chi connectivity index (χ0v) is 21.6. The van der Waals surface area contributed by atoms with Crippen molar-refractivity contribution in [3.05, 3.63) is 35.9 Å². The summed E-state index contributed by atoms with van der Waals surface area (Å²) in [6.45, 7) is 5.29. The zero-order chi connectivity index (χ0) is 28.4. The maximum Gasteiger partial charge on any atom is 0.490 e. The average Bonchev–Trinajstić information content (AvgIpc) is 3.44. The number of fused-ring (bicyclic) bond motifs is 3. The van der Waals surface area contributed by atoms with Crippen LogP contribution < -0.4 is 0 Å². The van der Waals surface area contributed by atoms with Crippen LogP contribution in [-0.4, -0.2) is 94.5 Å². The van der Waals surface area contributed by atoms with Crippen LogP contribution in [0.1, 0.15) is 32.3 Å². The van der Waals surface area contributed by atoms with Crippen molar-refractivity contribution in [3.63, 3.8) is 0 Å². The number of nitrogens with zero attached hydrogens (tertiary/aromatic N) is 4. The van der Waals surface area contributed by atoms with Crippen molar-refractivity contribution >= 4 is 29.7 Å². The lowest BCUT2D eigenvalue weighted by Gasteiger charge is -2.39. The van der Waals surface area contributed by atoms with Gasteiger partial charge in [-0.3, -0.25) is 19.5 Å². The lowest BCUT2D eigenvalue weighted by atomic mass is 9.78. The van der Waals surface area contributed by atoms with Crippen LogP contribution in [0.15, 0.2) is 35.3 Å². The molecule has 1 N–H and O–H groups in total. The summed E-state index contributed by atoms with van der Waals surface area (Å²) >= 11 is 0. The van der Waals surface area contributed by atoms with Crippen LogP contribution >= 0.6 is 0 Å². The maximum absolute atomic E-state index is 13.6. The van der Waals surface area contributed by atoms with E-state index in [0.29, 0.717) is 25.5 Å². The highest BCUT2D eigenvalue weighted by molar-refractivity contribution is 6.11. The monoisotopic (exact) mass is 540 g/mol. The molecule has 3 heterocycles. The second kappa shape index (κ2) is 11.0. The second-order valence-electron chi connectivity index (χ2n) is 9.32. The minimum Gasteiger partial charge on any atom is -0.475 e. The Labute approximate surface area is 218 Å². The molecular formula is C25H31F3N4O6. The lowest BCUT2D eigenvalue weighted by Crippen LogP contribution is -2.60. The van der Waals surface area contributed by atoms with Crippen LogP contribution in [0.25, 0.3) is 0 Å². The molecule has 10 nitrogen and oxygen atoms in total. The number of alkyl halides is 3. The number of methoxy groups -OCH3 is 1. The van der Waals surface area contributed by atoms with Gasteiger partial charge in [0, 0.05) is 20.1 Å². The molecule has 3 fully saturated rings. The Morgan fingerprint density at radius 3 is 2.26 bits per heavy atom. The number of guanidine groups is 1. The van der Waals surface area contributed by atoms with Crippen LogP contribution in [0.5, 0.6) is 0 Å². The molecule has 3 saturated heterocycles. The molecule has 3 aliphatic rings. The van der Waals surface area contributed by atoms with E-state index >= 15 is 0 Å². The van der Waals surface area contributed by atoms with Gasteiger partial charge in [-0.15, -0.1) is 0 Å². The molecule has 1 aromatic rings. The highest BCUT2D eigenvalue weighted by Gasteiger charge is 2.74. The first-order chi connectivity index (χ1) is 17.9. The summed E-state index contributed by atoms with van der Waals surface area (Å²) in [6, 6.07) is 9.17. The average molecular weight is 541 g/mol. The minimum atomic E-state index is -5.08. The van der Waals surface area contributed by atoms with Crippen molar-refractivity contribution in [2.75, 3.05) is 27.2 Å². The number of likely N-dealkylation sites (N-methyl/N-ethyl adjacent to an activating group) is 1. The summed E-state index contributed by atoms with van der Waals surface area (Å²) in [5.41, 5.74) is -0.352. The zero-order valence-electron chi connectivity index (χ0n) is 21.6. The molecule has 0 radical (unpaired) electrons. The van der Waals surface area contributed by atoms with E-state index in [0.717, 1.165) is 12.0 Å². The molecule has 38 heavy (non-hydrogen) atoms. The Kier molecular flexibility index (Phi) is 8.37. The van der Waals surface area contributed by atoms with Gasteiger partial charge in [0.1, 0.15) is 0 Å². The Morgan fingerprint density at radius 2 is 1.76 bits per heavy atom. The van der Waals surface area contributed by atoms with Crippen molar-refractivity contribution in [2.24, 2.45) is 16.8 Å². The van der Waals surface area contributed by atoms with Gasteiger partial charge in [-0.2, -0.15) is 13.2 Å². The van der Waals surface area contributed by atoms with Gasteiger partial charge in [-0.05, 0) is 18.4 Å². The van der Waals surface area contributed by atoms with E-state index in [-0.39, 0.29) is 24.4 Å². The Balaban J connectivity index is 0.000000505. The third-order valence-electron chi connectivity index (χ3n) is 7.13. The summed E-state index contributed by atoms with van der Waals surface area (Å²) in [4.78, 5) is 59.3. The first-order valence-electron chi connectivity index (χ1n) is 12.2. The fraction of sp³-hybridized carbons (Fsp3) is 0.560. The first-order valence-corrected chi connectivity index (χ1v) is 12.2. The van der Waals surface area contributed by atoms with Crippen LogP contribution in [0.3, 0.4) is 0 Å². The Bertz CT molecular complexity index is 1110. The third-order valence-corrected chi connectivity index (χ3v) is 7.13. The number of aliphatic carboxylic acids is 1. The third kappa shape index (κ3) is 4.81. The molecule has 3 aliphatic heterocycles. The number of likely N-dealkylation sites (tertiary alicyclic amines) is 1. The van der Waals surface area contributed by atoms with Crippen LogP contribution in [0, 0.1) is 11.8 Å². The Hall–Kier alpha value is -3.64. The second-order valence-corrected chi connectivity index (χ2v) is 9.32. The van der Waals surface area contributed by atoms with E-state index in [1.54, 1.807) is 0 Å². The van der Waals surface area contributed by atoms with E-state index in [2.05, 4.69) is 0 Å². The van der Waals surface area contributed by atoms with Crippen LogP contribution in [-0.2, 0) is 30.5 Å². The molecule has 0 aromatic heterocycles. The summed E-state index contributed by atoms with van der Waals surface area (Å²) in [6.07, 6.45) is -3.86. The van der Waals surface area contributed by atoms with Crippen molar-refractivity contribution < 1.29 is 42.2 Å². The quantitative estimate of drug-likeness (QED) is 0.431. The summed E-state index contributed by atoms with van der Waals surface area (Å²) in [7, 11) is 3.26. The smallest absolute Gasteiger partial charge is 0.475 e. The van der Waals surface area contributed by atoms with Gasteiger partial charge in [0.2, 0.25) is 11.8 Å². The molecule has 0 saturated carbocycles. The summed E-state index contributed by atoms with van der Waals surface area (Å²) in [5, 5.41) is 7.12. The number of aliphatic imine (C=N–C) groups is 1. The number of carbonyl (C=O) groups is 4. The molecular weight excluding hydrogens is 509 g/mol. The highest BCUT2D eigenvalue weighted by atomic mass is 19.4. The van der Waals surface area contributed by atoms with Gasteiger partial charge in [0.25, 0.3) is 0 Å². The van der Waals surface area contributed by atoms with Crippen molar-refractivity contribution in [1.82, 2.24) is 14.7 Å². The van der Waals surface area contributed by atoms with Crippen molar-refractivity contribution in [2.45, 2.75) is 51.0 Å². The number of carboxylic acids is 1. The lowest BCUT2D eigenvalue weighted by molar-refractivity contribution is -0.192. The highest BCUT2D eigenvalue weighted by Crippen LogP contribution is 2.53. The number of hydrogen-bond acceptors (Lipinski definition) is 6. The number of hydrogen-bond donors (Lipinski definition) is 1. The first kappa shape index (κ1) is 28.9. The minimum absolute atomic E-state index is 0.210. The van der Waals surface area contributed by atoms with E-state index < -0.39 is 35.5 Å². The van der Waals surface area contributed by atoms with E-state index in [4.69, 9.17) is 19.6 Å². The summed E-state index contributed by atoms with van der Waals surface area (Å²) < 4.78 is 37.0.